The zero-order valence-corrected chi connectivity index (χ0v) is 11.7. The quantitative estimate of drug-likeness (QED) is 0.300. The van der Waals surface area contributed by atoms with Crippen LogP contribution in [0.4, 0.5) is 0 Å². The van der Waals surface area contributed by atoms with Crippen molar-refractivity contribution in [2.45, 2.75) is 26.2 Å². The average Bonchev–Trinajstić information content (AvgIpc) is 2.42. The number of unbranched alkanes of at least 4 members (excludes halogenated alkanes) is 1. The second kappa shape index (κ2) is 10.3. The zero-order valence-electron chi connectivity index (χ0n) is 11.7. The lowest BCUT2D eigenvalue weighted by Crippen LogP contribution is -2.26. The summed E-state index contributed by atoms with van der Waals surface area (Å²) in [6.45, 7) is 6.04. The van der Waals surface area contributed by atoms with Gasteiger partial charge >= 0.3 is 5.97 Å². The number of ether oxygens (including phenoxy) is 1. The Morgan fingerprint density at radius 2 is 2.05 bits per heavy atom. The molecule has 1 atom stereocenters. The van der Waals surface area contributed by atoms with E-state index in [2.05, 4.69) is 6.58 Å². The van der Waals surface area contributed by atoms with E-state index >= 15 is 0 Å². The standard InChI is InChI=1S/C15H23NO3/c1-4-6-9-12(5-2)14(15(18)19-3)13(17)10-7-8-11-16/h4-6,9,14H,2,7-8,10-11,16H2,1,3H3/b6-4-,12-9+. The molecule has 0 aliphatic rings. The van der Waals surface area contributed by atoms with Crippen molar-refractivity contribution in [2.24, 2.45) is 11.7 Å². The highest BCUT2D eigenvalue weighted by Crippen LogP contribution is 2.18. The van der Waals surface area contributed by atoms with Gasteiger partial charge in [-0.15, -0.1) is 0 Å². The number of esters is 1. The van der Waals surface area contributed by atoms with Crippen LogP contribution in [0.3, 0.4) is 0 Å². The number of hydrogen-bond acceptors (Lipinski definition) is 4. The minimum Gasteiger partial charge on any atom is -0.468 e. The van der Waals surface area contributed by atoms with Crippen LogP contribution in [0.15, 0.2) is 36.5 Å². The van der Waals surface area contributed by atoms with Crippen LogP contribution < -0.4 is 5.73 Å². The minimum atomic E-state index is -0.892. The molecule has 0 bridgehead atoms. The Morgan fingerprint density at radius 1 is 1.37 bits per heavy atom. The summed E-state index contributed by atoms with van der Waals surface area (Å²) in [5.41, 5.74) is 5.95. The molecule has 0 aromatic carbocycles. The highest BCUT2D eigenvalue weighted by molar-refractivity contribution is 6.02. The van der Waals surface area contributed by atoms with Crippen molar-refractivity contribution < 1.29 is 14.3 Å². The molecule has 0 aliphatic carbocycles. The molecule has 0 fully saturated rings. The summed E-state index contributed by atoms with van der Waals surface area (Å²) in [5.74, 6) is -1.60. The molecule has 0 rings (SSSR count). The van der Waals surface area contributed by atoms with E-state index in [1.54, 1.807) is 12.2 Å². The lowest BCUT2D eigenvalue weighted by Gasteiger charge is -2.14. The molecule has 0 saturated carbocycles. The molecule has 0 aromatic heterocycles. The topological polar surface area (TPSA) is 69.4 Å². The Hall–Kier alpha value is -1.68. The smallest absolute Gasteiger partial charge is 0.320 e. The molecule has 0 aromatic rings. The molecule has 106 valence electrons. The van der Waals surface area contributed by atoms with E-state index in [0.717, 1.165) is 6.42 Å². The van der Waals surface area contributed by atoms with Crippen LogP contribution in [-0.2, 0) is 14.3 Å². The second-order valence-electron chi connectivity index (χ2n) is 4.06. The summed E-state index contributed by atoms with van der Waals surface area (Å²) in [7, 11) is 1.28. The van der Waals surface area contributed by atoms with Crippen molar-refractivity contribution in [3.8, 4) is 0 Å². The van der Waals surface area contributed by atoms with Crippen LogP contribution in [0.5, 0.6) is 0 Å². The number of Topliss-reactive ketones (excluding diaryl/α,β-unsaturated/α-hetero) is 1. The Labute approximate surface area is 115 Å². The van der Waals surface area contributed by atoms with Crippen LogP contribution in [-0.4, -0.2) is 25.4 Å². The van der Waals surface area contributed by atoms with Crippen LogP contribution in [0.25, 0.3) is 0 Å². The molecule has 4 nitrogen and oxygen atoms in total. The SMILES string of the molecule is C=C/C(=C\C=C/C)C(C(=O)CCCCN)C(=O)OC. The predicted molar refractivity (Wildman–Crippen MR) is 76.5 cm³/mol. The first-order valence-corrected chi connectivity index (χ1v) is 6.38. The van der Waals surface area contributed by atoms with Crippen molar-refractivity contribution in [3.05, 3.63) is 36.5 Å². The summed E-state index contributed by atoms with van der Waals surface area (Å²) in [6.07, 6.45) is 8.56. The zero-order chi connectivity index (χ0) is 14.7. The first kappa shape index (κ1) is 17.3. The fraction of sp³-hybridized carbons (Fsp3) is 0.467. The number of methoxy groups -OCH3 is 1. The van der Waals surface area contributed by atoms with Gasteiger partial charge in [-0.2, -0.15) is 0 Å². The molecule has 0 aliphatic heterocycles. The average molecular weight is 265 g/mol. The first-order valence-electron chi connectivity index (χ1n) is 6.38. The number of rotatable bonds is 9. The normalized spacial score (nSPS) is 13.3. The van der Waals surface area contributed by atoms with E-state index in [0.29, 0.717) is 25.0 Å². The van der Waals surface area contributed by atoms with Crippen molar-refractivity contribution in [1.82, 2.24) is 0 Å². The number of hydrogen-bond donors (Lipinski definition) is 1. The Morgan fingerprint density at radius 3 is 2.53 bits per heavy atom. The van der Waals surface area contributed by atoms with Gasteiger partial charge in [0.25, 0.3) is 0 Å². The molecule has 1 unspecified atom stereocenters. The first-order chi connectivity index (χ1) is 9.12. The third kappa shape index (κ3) is 6.15. The molecule has 0 heterocycles. The van der Waals surface area contributed by atoms with E-state index < -0.39 is 11.9 Å². The third-order valence-electron chi connectivity index (χ3n) is 2.69. The molecule has 0 spiro atoms. The fourth-order valence-electron chi connectivity index (χ4n) is 1.65. The van der Waals surface area contributed by atoms with Crippen LogP contribution in [0.2, 0.25) is 0 Å². The van der Waals surface area contributed by atoms with Crippen molar-refractivity contribution in [1.29, 1.82) is 0 Å². The molecule has 0 saturated heterocycles. The largest absolute Gasteiger partial charge is 0.468 e. The lowest BCUT2D eigenvalue weighted by molar-refractivity contribution is -0.147. The van der Waals surface area contributed by atoms with E-state index in [9.17, 15) is 9.59 Å². The minimum absolute atomic E-state index is 0.157. The predicted octanol–water partition coefficient (Wildman–Crippen LogP) is 2.16. The van der Waals surface area contributed by atoms with Gasteiger partial charge in [-0.3, -0.25) is 9.59 Å². The lowest BCUT2D eigenvalue weighted by atomic mass is 9.91. The highest BCUT2D eigenvalue weighted by Gasteiger charge is 2.28. The van der Waals surface area contributed by atoms with Gasteiger partial charge in [0.15, 0.2) is 5.78 Å². The van der Waals surface area contributed by atoms with Crippen LogP contribution in [0.1, 0.15) is 26.2 Å². The number of carbonyl (C=O) groups excluding carboxylic acids is 2. The summed E-state index contributed by atoms with van der Waals surface area (Å²) in [6, 6.07) is 0. The highest BCUT2D eigenvalue weighted by atomic mass is 16.5. The number of carbonyl (C=O) groups is 2. The maximum absolute atomic E-state index is 12.1. The van der Waals surface area contributed by atoms with Crippen molar-refractivity contribution in [3.63, 3.8) is 0 Å². The Kier molecular flexibility index (Phi) is 9.35. The third-order valence-corrected chi connectivity index (χ3v) is 2.69. The van der Waals surface area contributed by atoms with Crippen LogP contribution in [0, 0.1) is 5.92 Å². The summed E-state index contributed by atoms with van der Waals surface area (Å²) < 4.78 is 4.71. The number of allylic oxidation sites excluding steroid dienone is 4. The van der Waals surface area contributed by atoms with Gasteiger partial charge < -0.3 is 10.5 Å². The second-order valence-corrected chi connectivity index (χ2v) is 4.06. The van der Waals surface area contributed by atoms with Gasteiger partial charge in [0.1, 0.15) is 5.92 Å². The van der Waals surface area contributed by atoms with Crippen LogP contribution >= 0.6 is 0 Å². The summed E-state index contributed by atoms with van der Waals surface area (Å²) >= 11 is 0. The molecule has 4 heteroatoms. The van der Waals surface area contributed by atoms with Crippen molar-refractivity contribution >= 4 is 11.8 Å². The molecular formula is C15H23NO3. The molecule has 0 radical (unpaired) electrons. The molecule has 19 heavy (non-hydrogen) atoms. The monoisotopic (exact) mass is 265 g/mol. The summed E-state index contributed by atoms with van der Waals surface area (Å²) in [4.78, 5) is 23.9. The maximum atomic E-state index is 12.1. The van der Waals surface area contributed by atoms with Gasteiger partial charge in [0.05, 0.1) is 7.11 Å². The van der Waals surface area contributed by atoms with Gasteiger partial charge in [0.2, 0.25) is 0 Å². The molecular weight excluding hydrogens is 242 g/mol. The van der Waals surface area contributed by atoms with E-state index in [1.807, 2.05) is 13.0 Å². The van der Waals surface area contributed by atoms with Gasteiger partial charge in [-0.1, -0.05) is 30.9 Å². The Balaban J connectivity index is 5.03. The van der Waals surface area contributed by atoms with Crippen molar-refractivity contribution in [2.75, 3.05) is 13.7 Å². The van der Waals surface area contributed by atoms with E-state index in [1.165, 1.54) is 13.2 Å². The fourth-order valence-corrected chi connectivity index (χ4v) is 1.65. The number of ketones is 1. The van der Waals surface area contributed by atoms with Gasteiger partial charge in [-0.05, 0) is 31.9 Å². The van der Waals surface area contributed by atoms with E-state index in [-0.39, 0.29) is 5.78 Å². The molecule has 0 amide bonds. The Bertz CT molecular complexity index is 370. The molecule has 2 N–H and O–H groups in total. The van der Waals surface area contributed by atoms with Gasteiger partial charge in [-0.25, -0.2) is 0 Å². The van der Waals surface area contributed by atoms with Gasteiger partial charge in [0, 0.05) is 6.42 Å². The summed E-state index contributed by atoms with van der Waals surface area (Å²) in [5, 5.41) is 0. The maximum Gasteiger partial charge on any atom is 0.320 e. The van der Waals surface area contributed by atoms with E-state index in [4.69, 9.17) is 10.5 Å². The number of nitrogens with two attached hydrogens (primary N) is 1.